The molecule has 18 heavy (non-hydrogen) atoms. The van der Waals surface area contributed by atoms with Crippen LogP contribution in [0.3, 0.4) is 0 Å². The van der Waals surface area contributed by atoms with E-state index >= 15 is 0 Å². The van der Waals surface area contributed by atoms with Crippen molar-refractivity contribution in [2.24, 2.45) is 0 Å². The van der Waals surface area contributed by atoms with Crippen molar-refractivity contribution < 1.29 is 9.15 Å². The highest BCUT2D eigenvalue weighted by Gasteiger charge is 2.04. The summed E-state index contributed by atoms with van der Waals surface area (Å²) in [6.45, 7) is 1.20. The quantitative estimate of drug-likeness (QED) is 0.805. The fourth-order valence-electron chi connectivity index (χ4n) is 1.47. The molecule has 0 bridgehead atoms. The Kier molecular flexibility index (Phi) is 4.14. The van der Waals surface area contributed by atoms with Crippen molar-refractivity contribution >= 4 is 6.01 Å². The molecule has 1 heterocycles. The minimum Gasteiger partial charge on any atom is -0.497 e. The molecule has 0 radical (unpaired) electrons. The van der Waals surface area contributed by atoms with E-state index < -0.39 is 0 Å². The Balaban J connectivity index is 1.89. The van der Waals surface area contributed by atoms with Crippen LogP contribution in [0.5, 0.6) is 5.75 Å². The van der Waals surface area contributed by atoms with Crippen LogP contribution < -0.4 is 15.4 Å². The highest BCUT2D eigenvalue weighted by atomic mass is 16.5. The Morgan fingerprint density at radius 3 is 2.61 bits per heavy atom. The second-order valence-corrected chi connectivity index (χ2v) is 3.73. The number of hydrogen-bond donors (Lipinski definition) is 2. The van der Waals surface area contributed by atoms with Crippen LogP contribution in [0.2, 0.25) is 0 Å². The van der Waals surface area contributed by atoms with Gasteiger partial charge in [-0.1, -0.05) is 17.2 Å². The van der Waals surface area contributed by atoms with E-state index in [1.165, 1.54) is 0 Å². The average molecular weight is 248 g/mol. The monoisotopic (exact) mass is 248 g/mol. The zero-order valence-electron chi connectivity index (χ0n) is 10.4. The third-order valence-electron chi connectivity index (χ3n) is 2.40. The lowest BCUT2D eigenvalue weighted by atomic mass is 10.2. The Labute approximate surface area is 105 Å². The molecule has 1 aromatic carbocycles. The minimum atomic E-state index is 0.427. The Morgan fingerprint density at radius 1 is 1.17 bits per heavy atom. The van der Waals surface area contributed by atoms with Crippen molar-refractivity contribution in [2.75, 3.05) is 19.5 Å². The van der Waals surface area contributed by atoms with E-state index in [0.29, 0.717) is 25.0 Å². The van der Waals surface area contributed by atoms with Crippen LogP contribution in [0.25, 0.3) is 0 Å². The van der Waals surface area contributed by atoms with Gasteiger partial charge in [-0.05, 0) is 24.7 Å². The molecule has 1 aromatic heterocycles. The summed E-state index contributed by atoms with van der Waals surface area (Å²) in [4.78, 5) is 0. The highest BCUT2D eigenvalue weighted by Crippen LogP contribution is 2.13. The van der Waals surface area contributed by atoms with E-state index in [0.717, 1.165) is 11.3 Å². The maximum Gasteiger partial charge on any atom is 0.315 e. The highest BCUT2D eigenvalue weighted by molar-refractivity contribution is 5.29. The van der Waals surface area contributed by atoms with Gasteiger partial charge in [-0.25, -0.2) is 0 Å². The standard InChI is InChI=1S/C12H16N4O2/c1-13-8-11-15-16-12(18-11)14-7-9-3-5-10(17-2)6-4-9/h3-6,13H,7-8H2,1-2H3,(H,14,16). The maximum atomic E-state index is 5.37. The summed E-state index contributed by atoms with van der Waals surface area (Å²) >= 11 is 0. The van der Waals surface area contributed by atoms with Gasteiger partial charge in [0, 0.05) is 6.54 Å². The minimum absolute atomic E-state index is 0.427. The van der Waals surface area contributed by atoms with Gasteiger partial charge in [-0.3, -0.25) is 0 Å². The summed E-state index contributed by atoms with van der Waals surface area (Å²) in [6, 6.07) is 8.22. The lowest BCUT2D eigenvalue weighted by Crippen LogP contribution is -2.04. The third kappa shape index (κ3) is 3.21. The predicted molar refractivity (Wildman–Crippen MR) is 67.4 cm³/mol. The molecule has 0 aliphatic rings. The van der Waals surface area contributed by atoms with Crippen LogP contribution in [0, 0.1) is 0 Å². The predicted octanol–water partition coefficient (Wildman–Crippen LogP) is 1.41. The smallest absolute Gasteiger partial charge is 0.315 e. The normalized spacial score (nSPS) is 10.3. The first-order chi connectivity index (χ1) is 8.81. The molecule has 2 rings (SSSR count). The lowest BCUT2D eigenvalue weighted by molar-refractivity contribution is 0.414. The second kappa shape index (κ2) is 6.02. The van der Waals surface area contributed by atoms with Crippen LogP contribution in [-0.2, 0) is 13.1 Å². The van der Waals surface area contributed by atoms with Gasteiger partial charge in [0.15, 0.2) is 0 Å². The zero-order chi connectivity index (χ0) is 12.8. The van der Waals surface area contributed by atoms with Gasteiger partial charge >= 0.3 is 6.01 Å². The largest absolute Gasteiger partial charge is 0.497 e. The lowest BCUT2D eigenvalue weighted by Gasteiger charge is -2.03. The number of rotatable bonds is 6. The maximum absolute atomic E-state index is 5.37. The molecule has 0 atom stereocenters. The fraction of sp³-hybridized carbons (Fsp3) is 0.333. The topological polar surface area (TPSA) is 72.2 Å². The molecule has 0 aliphatic carbocycles. The third-order valence-corrected chi connectivity index (χ3v) is 2.40. The van der Waals surface area contributed by atoms with Gasteiger partial charge in [0.2, 0.25) is 5.89 Å². The van der Waals surface area contributed by atoms with E-state index in [4.69, 9.17) is 9.15 Å². The van der Waals surface area contributed by atoms with Crippen LogP contribution in [0.15, 0.2) is 28.7 Å². The number of hydrogen-bond acceptors (Lipinski definition) is 6. The summed E-state index contributed by atoms with van der Waals surface area (Å²) < 4.78 is 10.5. The second-order valence-electron chi connectivity index (χ2n) is 3.73. The zero-order valence-corrected chi connectivity index (χ0v) is 10.4. The summed E-state index contributed by atoms with van der Waals surface area (Å²) in [5.74, 6) is 1.41. The van der Waals surface area contributed by atoms with Crippen molar-refractivity contribution in [3.05, 3.63) is 35.7 Å². The van der Waals surface area contributed by atoms with E-state index in [2.05, 4.69) is 20.8 Å². The molecule has 6 heteroatoms. The molecule has 2 N–H and O–H groups in total. The molecule has 0 aliphatic heterocycles. The molecule has 0 unspecified atom stereocenters. The van der Waals surface area contributed by atoms with Crippen molar-refractivity contribution in [1.29, 1.82) is 0 Å². The molecule has 0 saturated carbocycles. The summed E-state index contributed by atoms with van der Waals surface area (Å²) in [5.41, 5.74) is 1.11. The number of anilines is 1. The van der Waals surface area contributed by atoms with Crippen molar-refractivity contribution in [2.45, 2.75) is 13.1 Å². The molecule has 0 saturated heterocycles. The van der Waals surface area contributed by atoms with E-state index in [1.54, 1.807) is 7.11 Å². The van der Waals surface area contributed by atoms with Crippen LogP contribution >= 0.6 is 0 Å². The Hall–Kier alpha value is -2.08. The first kappa shape index (κ1) is 12.4. The average Bonchev–Trinajstić information content (AvgIpc) is 2.85. The van der Waals surface area contributed by atoms with Crippen LogP contribution in [-0.4, -0.2) is 24.4 Å². The number of nitrogens with one attached hydrogen (secondary N) is 2. The van der Waals surface area contributed by atoms with Crippen LogP contribution in [0.4, 0.5) is 6.01 Å². The number of nitrogens with zero attached hydrogens (tertiary/aromatic N) is 2. The van der Waals surface area contributed by atoms with Gasteiger partial charge in [-0.15, -0.1) is 5.10 Å². The number of methoxy groups -OCH3 is 1. The van der Waals surface area contributed by atoms with Crippen molar-refractivity contribution in [1.82, 2.24) is 15.5 Å². The molecule has 6 nitrogen and oxygen atoms in total. The van der Waals surface area contributed by atoms with Gasteiger partial charge in [0.05, 0.1) is 13.7 Å². The fourth-order valence-corrected chi connectivity index (χ4v) is 1.47. The van der Waals surface area contributed by atoms with E-state index in [1.807, 2.05) is 31.3 Å². The van der Waals surface area contributed by atoms with Crippen LogP contribution in [0.1, 0.15) is 11.5 Å². The Bertz CT molecular complexity index is 481. The molecule has 0 spiro atoms. The summed E-state index contributed by atoms with van der Waals surface area (Å²) in [7, 11) is 3.48. The van der Waals surface area contributed by atoms with Gasteiger partial charge in [0.25, 0.3) is 0 Å². The SMILES string of the molecule is CNCc1nnc(NCc2ccc(OC)cc2)o1. The number of aromatic nitrogens is 2. The van der Waals surface area contributed by atoms with Crippen molar-refractivity contribution in [3.8, 4) is 5.75 Å². The van der Waals surface area contributed by atoms with E-state index in [-0.39, 0.29) is 0 Å². The first-order valence-corrected chi connectivity index (χ1v) is 5.65. The molecular weight excluding hydrogens is 232 g/mol. The molecule has 2 aromatic rings. The first-order valence-electron chi connectivity index (χ1n) is 5.65. The number of ether oxygens (including phenoxy) is 1. The molecule has 96 valence electrons. The van der Waals surface area contributed by atoms with E-state index in [9.17, 15) is 0 Å². The number of benzene rings is 1. The molecule has 0 amide bonds. The molecular formula is C12H16N4O2. The van der Waals surface area contributed by atoms with Crippen molar-refractivity contribution in [3.63, 3.8) is 0 Å². The molecule has 0 fully saturated rings. The summed E-state index contributed by atoms with van der Waals surface area (Å²) in [6.07, 6.45) is 0. The van der Waals surface area contributed by atoms with Gasteiger partial charge in [-0.2, -0.15) is 0 Å². The Morgan fingerprint density at radius 2 is 1.94 bits per heavy atom. The van der Waals surface area contributed by atoms with Gasteiger partial charge < -0.3 is 19.8 Å². The summed E-state index contributed by atoms with van der Waals surface area (Å²) in [5, 5.41) is 13.8. The van der Waals surface area contributed by atoms with Gasteiger partial charge in [0.1, 0.15) is 5.75 Å².